The van der Waals surface area contributed by atoms with Crippen molar-refractivity contribution in [3.05, 3.63) is 71.8 Å². The van der Waals surface area contributed by atoms with E-state index < -0.39 is 0 Å². The smallest absolute Gasteiger partial charge is 0.0282 e. The van der Waals surface area contributed by atoms with Crippen LogP contribution in [0, 0.1) is 0 Å². The van der Waals surface area contributed by atoms with E-state index in [9.17, 15) is 0 Å². The highest BCUT2D eigenvalue weighted by Gasteiger charge is 2.25. The molecule has 0 fully saturated rings. The summed E-state index contributed by atoms with van der Waals surface area (Å²) < 4.78 is 0. The van der Waals surface area contributed by atoms with Gasteiger partial charge in [-0.1, -0.05) is 60.7 Å². The minimum Gasteiger partial charge on any atom is -0.327 e. The van der Waals surface area contributed by atoms with E-state index in [1.165, 1.54) is 22.3 Å². The van der Waals surface area contributed by atoms with Crippen LogP contribution in [-0.4, -0.2) is 6.54 Å². The average molecular weight is 221 g/mol. The molecule has 0 atom stereocenters. The number of benzene rings is 2. The Labute approximate surface area is 102 Å². The van der Waals surface area contributed by atoms with E-state index in [-0.39, 0.29) is 0 Å². The van der Waals surface area contributed by atoms with Crippen molar-refractivity contribution in [1.82, 2.24) is 0 Å². The van der Waals surface area contributed by atoms with Crippen molar-refractivity contribution in [2.45, 2.75) is 5.92 Å². The third-order valence-corrected chi connectivity index (χ3v) is 3.35. The molecule has 17 heavy (non-hydrogen) atoms. The monoisotopic (exact) mass is 221 g/mol. The van der Waals surface area contributed by atoms with E-state index in [4.69, 9.17) is 5.73 Å². The summed E-state index contributed by atoms with van der Waals surface area (Å²) in [6.45, 7) is 0.598. The van der Waals surface area contributed by atoms with Crippen LogP contribution in [0.1, 0.15) is 17.0 Å². The van der Waals surface area contributed by atoms with E-state index in [0.29, 0.717) is 12.5 Å². The highest BCUT2D eigenvalue weighted by atomic mass is 14.5. The van der Waals surface area contributed by atoms with Crippen molar-refractivity contribution in [3.8, 4) is 11.1 Å². The number of nitrogens with two attached hydrogens (primary N) is 1. The molecule has 0 bridgehead atoms. The lowest BCUT2D eigenvalue weighted by Gasteiger charge is -2.07. The van der Waals surface area contributed by atoms with E-state index in [1.54, 1.807) is 0 Å². The highest BCUT2D eigenvalue weighted by Crippen LogP contribution is 2.44. The van der Waals surface area contributed by atoms with Gasteiger partial charge in [0.05, 0.1) is 0 Å². The van der Waals surface area contributed by atoms with Crippen molar-refractivity contribution in [2.75, 3.05) is 6.54 Å². The number of hydrogen-bond acceptors (Lipinski definition) is 1. The Morgan fingerprint density at radius 1 is 0.882 bits per heavy atom. The number of hydrogen-bond donors (Lipinski definition) is 1. The zero-order chi connectivity index (χ0) is 11.7. The van der Waals surface area contributed by atoms with E-state index in [2.05, 4.69) is 54.6 Å². The second-order valence-electron chi connectivity index (χ2n) is 4.32. The van der Waals surface area contributed by atoms with Crippen LogP contribution in [0.2, 0.25) is 0 Å². The summed E-state index contributed by atoms with van der Waals surface area (Å²) in [5.74, 6) is 0.367. The van der Waals surface area contributed by atoms with Gasteiger partial charge in [-0.15, -0.1) is 0 Å². The van der Waals surface area contributed by atoms with Crippen molar-refractivity contribution >= 4 is 0 Å². The van der Waals surface area contributed by atoms with Crippen LogP contribution >= 0.6 is 0 Å². The predicted molar refractivity (Wildman–Crippen MR) is 71.9 cm³/mol. The molecule has 0 aromatic heterocycles. The Bertz CT molecular complexity index is 524. The molecule has 2 N–H and O–H groups in total. The van der Waals surface area contributed by atoms with Crippen LogP contribution in [0.5, 0.6) is 0 Å². The lowest BCUT2D eigenvalue weighted by Crippen LogP contribution is -1.96. The summed E-state index contributed by atoms with van der Waals surface area (Å²) in [6, 6.07) is 17.2. The van der Waals surface area contributed by atoms with Crippen molar-refractivity contribution in [1.29, 1.82) is 0 Å². The lowest BCUT2D eigenvalue weighted by atomic mass is 9.96. The fraction of sp³-hybridized carbons (Fsp3) is 0.125. The largest absolute Gasteiger partial charge is 0.327 e. The van der Waals surface area contributed by atoms with Gasteiger partial charge in [0.2, 0.25) is 0 Å². The third kappa shape index (κ3) is 1.60. The van der Waals surface area contributed by atoms with Crippen LogP contribution in [-0.2, 0) is 0 Å². The standard InChI is InChI=1S/C16H15N/c17-11-5-10-16-14-8-3-1-6-12(14)13-7-2-4-9-15(13)16/h1-10,16H,11,17H2/b10-5+. The van der Waals surface area contributed by atoms with Crippen molar-refractivity contribution in [3.63, 3.8) is 0 Å². The molecular formula is C16H15N. The molecule has 84 valence electrons. The maximum absolute atomic E-state index is 5.56. The molecule has 0 aliphatic heterocycles. The van der Waals surface area contributed by atoms with Gasteiger partial charge in [0, 0.05) is 12.5 Å². The zero-order valence-electron chi connectivity index (χ0n) is 9.64. The van der Waals surface area contributed by atoms with Crippen LogP contribution in [0.25, 0.3) is 11.1 Å². The molecule has 0 spiro atoms. The minimum atomic E-state index is 0.367. The average Bonchev–Trinajstić information content (AvgIpc) is 2.71. The van der Waals surface area contributed by atoms with Gasteiger partial charge in [-0.2, -0.15) is 0 Å². The molecule has 3 rings (SSSR count). The first kappa shape index (κ1) is 10.3. The summed E-state index contributed by atoms with van der Waals surface area (Å²) in [6.07, 6.45) is 4.26. The van der Waals surface area contributed by atoms with Gasteiger partial charge < -0.3 is 5.73 Å². The Morgan fingerprint density at radius 3 is 1.94 bits per heavy atom. The van der Waals surface area contributed by atoms with Crippen LogP contribution in [0.3, 0.4) is 0 Å². The topological polar surface area (TPSA) is 26.0 Å². The highest BCUT2D eigenvalue weighted by molar-refractivity contribution is 5.79. The molecule has 0 saturated carbocycles. The fourth-order valence-electron chi connectivity index (χ4n) is 2.62. The molecule has 1 aliphatic rings. The molecule has 0 radical (unpaired) electrons. The number of allylic oxidation sites excluding steroid dienone is 1. The van der Waals surface area contributed by atoms with Gasteiger partial charge in [0.1, 0.15) is 0 Å². The van der Waals surface area contributed by atoms with E-state index >= 15 is 0 Å². The molecule has 0 heterocycles. The van der Waals surface area contributed by atoms with Gasteiger partial charge >= 0.3 is 0 Å². The normalized spacial score (nSPS) is 13.9. The first-order valence-electron chi connectivity index (χ1n) is 5.97. The Kier molecular flexibility index (Phi) is 2.54. The first-order chi connectivity index (χ1) is 8.42. The predicted octanol–water partition coefficient (Wildman–Crippen LogP) is 3.31. The Morgan fingerprint density at radius 2 is 1.41 bits per heavy atom. The maximum Gasteiger partial charge on any atom is 0.0282 e. The molecule has 0 unspecified atom stereocenters. The molecule has 2 aromatic rings. The van der Waals surface area contributed by atoms with Gasteiger partial charge in [0.25, 0.3) is 0 Å². The maximum atomic E-state index is 5.56. The van der Waals surface area contributed by atoms with E-state index in [0.717, 1.165) is 0 Å². The van der Waals surface area contributed by atoms with Gasteiger partial charge in [0.15, 0.2) is 0 Å². The Hall–Kier alpha value is -1.86. The summed E-state index contributed by atoms with van der Waals surface area (Å²) in [4.78, 5) is 0. The Balaban J connectivity index is 2.20. The number of fused-ring (bicyclic) bond motifs is 3. The molecule has 1 aliphatic carbocycles. The third-order valence-electron chi connectivity index (χ3n) is 3.35. The zero-order valence-corrected chi connectivity index (χ0v) is 9.64. The first-order valence-corrected chi connectivity index (χ1v) is 5.97. The fourth-order valence-corrected chi connectivity index (χ4v) is 2.62. The van der Waals surface area contributed by atoms with Crippen LogP contribution < -0.4 is 5.73 Å². The van der Waals surface area contributed by atoms with Crippen LogP contribution in [0.4, 0.5) is 0 Å². The lowest BCUT2D eigenvalue weighted by molar-refractivity contribution is 1.06. The molecule has 2 aromatic carbocycles. The summed E-state index contributed by atoms with van der Waals surface area (Å²) in [5, 5.41) is 0. The quantitative estimate of drug-likeness (QED) is 0.773. The van der Waals surface area contributed by atoms with Gasteiger partial charge in [-0.05, 0) is 22.3 Å². The number of rotatable bonds is 2. The van der Waals surface area contributed by atoms with E-state index in [1.807, 2.05) is 6.08 Å². The summed E-state index contributed by atoms with van der Waals surface area (Å²) in [5.41, 5.74) is 11.0. The molecule has 1 heteroatoms. The second-order valence-corrected chi connectivity index (χ2v) is 4.32. The molecule has 0 saturated heterocycles. The SMILES string of the molecule is NC/C=C/C1c2ccccc2-c2ccccc21. The van der Waals surface area contributed by atoms with Crippen molar-refractivity contribution < 1.29 is 0 Å². The van der Waals surface area contributed by atoms with Crippen molar-refractivity contribution in [2.24, 2.45) is 5.73 Å². The van der Waals surface area contributed by atoms with Gasteiger partial charge in [-0.3, -0.25) is 0 Å². The second kappa shape index (κ2) is 4.19. The molecule has 0 amide bonds. The van der Waals surface area contributed by atoms with Gasteiger partial charge in [-0.25, -0.2) is 0 Å². The molecular weight excluding hydrogens is 206 g/mol. The summed E-state index contributed by atoms with van der Waals surface area (Å²) >= 11 is 0. The van der Waals surface area contributed by atoms with Crippen LogP contribution in [0.15, 0.2) is 60.7 Å². The molecule has 1 nitrogen and oxygen atoms in total. The summed E-state index contributed by atoms with van der Waals surface area (Å²) in [7, 11) is 0. The minimum absolute atomic E-state index is 0.367.